The number of aromatic nitrogens is 2. The number of carbonyl (C=O) groups is 3. The summed E-state index contributed by atoms with van der Waals surface area (Å²) in [5.41, 5.74) is 1.98. The molecule has 1 aliphatic rings. The fourth-order valence-electron chi connectivity index (χ4n) is 3.22. The van der Waals surface area contributed by atoms with E-state index in [1.54, 1.807) is 6.92 Å². The van der Waals surface area contributed by atoms with Crippen molar-refractivity contribution in [2.24, 2.45) is 0 Å². The molecule has 1 aromatic carbocycles. The molecule has 0 aliphatic carbocycles. The molecule has 166 valence electrons. The van der Waals surface area contributed by atoms with Crippen molar-refractivity contribution in [2.75, 3.05) is 44.0 Å². The third kappa shape index (κ3) is 5.69. The number of esters is 1. The molecule has 2 heterocycles. The third-order valence-electron chi connectivity index (χ3n) is 4.79. The molecule has 0 radical (unpaired) electrons. The summed E-state index contributed by atoms with van der Waals surface area (Å²) in [5, 5.41) is 14.5. The zero-order valence-corrected chi connectivity index (χ0v) is 18.6. The monoisotopic (exact) mass is 446 g/mol. The first kappa shape index (κ1) is 22.5. The first-order valence-electron chi connectivity index (χ1n) is 10.0. The van der Waals surface area contributed by atoms with E-state index in [1.807, 2.05) is 43.3 Å². The minimum absolute atomic E-state index is 0.232. The highest BCUT2D eigenvalue weighted by Gasteiger charge is 2.34. The van der Waals surface area contributed by atoms with E-state index in [-0.39, 0.29) is 19.1 Å². The minimum Gasteiger partial charge on any atom is -0.465 e. The molecule has 11 heteroatoms. The van der Waals surface area contributed by atoms with E-state index in [9.17, 15) is 14.4 Å². The molecular formula is C20H26N6O4S. The Balaban J connectivity index is 1.59. The molecular weight excluding hydrogens is 420 g/mol. The van der Waals surface area contributed by atoms with Crippen molar-refractivity contribution >= 4 is 40.1 Å². The summed E-state index contributed by atoms with van der Waals surface area (Å²) in [6.07, 6.45) is 1.24. The lowest BCUT2D eigenvalue weighted by molar-refractivity contribution is -0.141. The smallest absolute Gasteiger partial charge is 0.325 e. The lowest BCUT2D eigenvalue weighted by Gasteiger charge is -2.23. The maximum Gasteiger partial charge on any atom is 0.325 e. The number of rotatable bonds is 7. The summed E-state index contributed by atoms with van der Waals surface area (Å²) < 4.78 is 4.80. The molecule has 0 saturated carbocycles. The van der Waals surface area contributed by atoms with Gasteiger partial charge in [-0.25, -0.2) is 4.79 Å². The van der Waals surface area contributed by atoms with Gasteiger partial charge >= 0.3 is 12.0 Å². The van der Waals surface area contributed by atoms with Gasteiger partial charge in [0, 0.05) is 31.9 Å². The molecule has 1 aromatic heterocycles. The maximum absolute atomic E-state index is 12.7. The molecule has 3 rings (SSSR count). The van der Waals surface area contributed by atoms with Crippen LogP contribution in [-0.4, -0.2) is 72.8 Å². The fraction of sp³-hybridized carbons (Fsp3) is 0.450. The van der Waals surface area contributed by atoms with E-state index >= 15 is 0 Å². The Labute approximate surface area is 184 Å². The lowest BCUT2D eigenvalue weighted by atomic mass is 10.2. The molecule has 1 atom stereocenters. The molecule has 3 amide bonds. The van der Waals surface area contributed by atoms with Gasteiger partial charge in [0.15, 0.2) is 0 Å². The highest BCUT2D eigenvalue weighted by Crippen LogP contribution is 2.28. The molecule has 0 bridgehead atoms. The van der Waals surface area contributed by atoms with Gasteiger partial charge in [-0.2, -0.15) is 0 Å². The van der Waals surface area contributed by atoms with Crippen LogP contribution < -0.4 is 15.5 Å². The van der Waals surface area contributed by atoms with Gasteiger partial charge in [0.25, 0.3) is 0 Å². The van der Waals surface area contributed by atoms with Crippen LogP contribution in [0.5, 0.6) is 0 Å². The number of nitrogens with one attached hydrogen (secondary N) is 2. The number of benzene rings is 1. The SMILES string of the molecule is CCOC(=O)CNC(=O)N1CCCC1C(=O)Nc1nnc(-c2ccc(N(C)C)cc2)s1. The topological polar surface area (TPSA) is 117 Å². The Kier molecular flexibility index (Phi) is 7.40. The Hall–Kier alpha value is -3.21. The molecule has 2 N–H and O–H groups in total. The first-order valence-corrected chi connectivity index (χ1v) is 10.8. The number of hydrogen-bond donors (Lipinski definition) is 2. The number of amides is 3. The zero-order valence-electron chi connectivity index (χ0n) is 17.8. The summed E-state index contributed by atoms with van der Waals surface area (Å²) in [5.74, 6) is -0.842. The quantitative estimate of drug-likeness (QED) is 0.624. The second kappa shape index (κ2) is 10.2. The lowest BCUT2D eigenvalue weighted by Crippen LogP contribution is -2.48. The standard InChI is InChI=1S/C20H26N6O4S/c1-4-30-16(27)12-21-20(29)26-11-5-6-15(26)17(28)22-19-24-23-18(31-19)13-7-9-14(10-8-13)25(2)3/h7-10,15H,4-6,11-12H2,1-3H3,(H,21,29)(H,22,24,28). The molecule has 1 unspecified atom stereocenters. The van der Waals surface area contributed by atoms with Crippen LogP contribution in [0.3, 0.4) is 0 Å². The van der Waals surface area contributed by atoms with E-state index < -0.39 is 18.0 Å². The van der Waals surface area contributed by atoms with Crippen molar-refractivity contribution in [3.63, 3.8) is 0 Å². The maximum atomic E-state index is 12.7. The van der Waals surface area contributed by atoms with Gasteiger partial charge in [-0.05, 0) is 44.0 Å². The van der Waals surface area contributed by atoms with Gasteiger partial charge in [0.2, 0.25) is 11.0 Å². The largest absolute Gasteiger partial charge is 0.465 e. The van der Waals surface area contributed by atoms with Crippen LogP contribution in [-0.2, 0) is 14.3 Å². The fourth-order valence-corrected chi connectivity index (χ4v) is 3.98. The normalized spacial score (nSPS) is 15.5. The van der Waals surface area contributed by atoms with Crippen LogP contribution in [0.2, 0.25) is 0 Å². The van der Waals surface area contributed by atoms with Gasteiger partial charge in [-0.3, -0.25) is 14.9 Å². The van der Waals surface area contributed by atoms with E-state index in [2.05, 4.69) is 20.8 Å². The van der Waals surface area contributed by atoms with Crippen molar-refractivity contribution in [1.29, 1.82) is 0 Å². The number of hydrogen-bond acceptors (Lipinski definition) is 8. The Morgan fingerprint density at radius 3 is 2.65 bits per heavy atom. The highest BCUT2D eigenvalue weighted by molar-refractivity contribution is 7.18. The second-order valence-corrected chi connectivity index (χ2v) is 8.14. The Bertz CT molecular complexity index is 930. The van der Waals surface area contributed by atoms with Gasteiger partial charge in [-0.15, -0.1) is 10.2 Å². The Morgan fingerprint density at radius 2 is 1.97 bits per heavy atom. The van der Waals surface area contributed by atoms with Crippen molar-refractivity contribution in [1.82, 2.24) is 20.4 Å². The average molecular weight is 447 g/mol. The molecule has 0 spiro atoms. The molecule has 31 heavy (non-hydrogen) atoms. The predicted octanol–water partition coefficient (Wildman–Crippen LogP) is 1.95. The van der Waals surface area contributed by atoms with E-state index in [1.165, 1.54) is 16.2 Å². The van der Waals surface area contributed by atoms with Crippen LogP contribution in [0.15, 0.2) is 24.3 Å². The van der Waals surface area contributed by atoms with Crippen LogP contribution in [0.4, 0.5) is 15.6 Å². The van der Waals surface area contributed by atoms with Crippen LogP contribution in [0.1, 0.15) is 19.8 Å². The van der Waals surface area contributed by atoms with Gasteiger partial charge in [0.05, 0.1) is 6.61 Å². The number of anilines is 2. The average Bonchev–Trinajstić information content (AvgIpc) is 3.42. The number of nitrogens with zero attached hydrogens (tertiary/aromatic N) is 4. The van der Waals surface area contributed by atoms with Gasteiger partial charge in [0.1, 0.15) is 17.6 Å². The van der Waals surface area contributed by atoms with Crippen LogP contribution in [0, 0.1) is 0 Å². The van der Waals surface area contributed by atoms with E-state index in [0.29, 0.717) is 29.5 Å². The third-order valence-corrected chi connectivity index (χ3v) is 5.68. The van der Waals surface area contributed by atoms with Crippen molar-refractivity contribution < 1.29 is 19.1 Å². The number of carbonyl (C=O) groups excluding carboxylic acids is 3. The van der Waals surface area contributed by atoms with E-state index in [4.69, 9.17) is 4.74 Å². The first-order chi connectivity index (χ1) is 14.9. The summed E-state index contributed by atoms with van der Waals surface area (Å²) in [4.78, 5) is 40.0. The van der Waals surface area contributed by atoms with Gasteiger partial charge in [-0.1, -0.05) is 11.3 Å². The van der Waals surface area contributed by atoms with Crippen molar-refractivity contribution in [3.8, 4) is 10.6 Å². The molecule has 1 aliphatic heterocycles. The molecule has 1 fully saturated rings. The number of urea groups is 1. The summed E-state index contributed by atoms with van der Waals surface area (Å²) in [6.45, 7) is 2.14. The van der Waals surface area contributed by atoms with Crippen LogP contribution >= 0.6 is 11.3 Å². The minimum atomic E-state index is -0.631. The van der Waals surface area contributed by atoms with E-state index in [0.717, 1.165) is 11.3 Å². The summed E-state index contributed by atoms with van der Waals surface area (Å²) >= 11 is 1.27. The van der Waals surface area contributed by atoms with Gasteiger partial charge < -0.3 is 19.9 Å². The predicted molar refractivity (Wildman–Crippen MR) is 118 cm³/mol. The summed E-state index contributed by atoms with van der Waals surface area (Å²) in [7, 11) is 3.94. The Morgan fingerprint density at radius 1 is 1.23 bits per heavy atom. The zero-order chi connectivity index (χ0) is 22.4. The molecule has 1 saturated heterocycles. The van der Waals surface area contributed by atoms with Crippen molar-refractivity contribution in [3.05, 3.63) is 24.3 Å². The highest BCUT2D eigenvalue weighted by atomic mass is 32.1. The van der Waals surface area contributed by atoms with Crippen LogP contribution in [0.25, 0.3) is 10.6 Å². The number of likely N-dealkylation sites (tertiary alicyclic amines) is 1. The molecule has 2 aromatic rings. The second-order valence-electron chi connectivity index (χ2n) is 7.16. The summed E-state index contributed by atoms with van der Waals surface area (Å²) in [6, 6.07) is 6.78. The molecule has 10 nitrogen and oxygen atoms in total. The number of ether oxygens (including phenoxy) is 1. The van der Waals surface area contributed by atoms with Crippen molar-refractivity contribution in [2.45, 2.75) is 25.8 Å².